The molecule has 0 aromatic heterocycles. The van der Waals surface area contributed by atoms with Crippen molar-refractivity contribution in [1.29, 1.82) is 0 Å². The maximum atomic E-state index is 12.2. The molecule has 1 unspecified atom stereocenters. The molecule has 116 valence electrons. The van der Waals surface area contributed by atoms with E-state index < -0.39 is 5.54 Å². The molecule has 2 rings (SSSR count). The van der Waals surface area contributed by atoms with Gasteiger partial charge in [0.2, 0.25) is 0 Å². The third kappa shape index (κ3) is 4.03. The zero-order valence-electron chi connectivity index (χ0n) is 12.8. The molecule has 1 fully saturated rings. The zero-order chi connectivity index (χ0) is 15.3. The van der Waals surface area contributed by atoms with Gasteiger partial charge in [0.1, 0.15) is 5.54 Å². The molecule has 0 radical (unpaired) electrons. The minimum Gasteiger partial charge on any atom is -0.468 e. The molecule has 2 atom stereocenters. The van der Waals surface area contributed by atoms with Gasteiger partial charge in [-0.15, -0.1) is 0 Å². The summed E-state index contributed by atoms with van der Waals surface area (Å²) in [7, 11) is 1.44. The fourth-order valence-corrected chi connectivity index (χ4v) is 2.80. The lowest BCUT2D eigenvalue weighted by molar-refractivity contribution is -0.148. The molecule has 0 aliphatic carbocycles. The van der Waals surface area contributed by atoms with E-state index in [0.717, 1.165) is 19.5 Å². The Labute approximate surface area is 126 Å². The van der Waals surface area contributed by atoms with Crippen molar-refractivity contribution in [2.24, 2.45) is 5.73 Å². The molecular formula is C16H25N3O2. The summed E-state index contributed by atoms with van der Waals surface area (Å²) in [5.74, 6) is -0.196. The number of likely N-dealkylation sites (tertiary alicyclic amines) is 1. The quantitative estimate of drug-likeness (QED) is 0.757. The van der Waals surface area contributed by atoms with Gasteiger partial charge in [0.05, 0.1) is 7.11 Å². The highest BCUT2D eigenvalue weighted by atomic mass is 16.5. The van der Waals surface area contributed by atoms with Crippen LogP contribution in [0.4, 0.5) is 0 Å². The average Bonchev–Trinajstić information content (AvgIpc) is 2.90. The Kier molecular flexibility index (Phi) is 5.33. The number of hydrogen-bond donors (Lipinski definition) is 2. The summed E-state index contributed by atoms with van der Waals surface area (Å²) in [6, 6.07) is 10.3. The normalized spacial score (nSPS) is 24.0. The van der Waals surface area contributed by atoms with E-state index in [0.29, 0.717) is 13.1 Å². The first kappa shape index (κ1) is 15.9. The molecule has 1 aromatic carbocycles. The highest BCUT2D eigenvalue weighted by molar-refractivity contribution is 5.81. The molecule has 0 spiro atoms. The summed E-state index contributed by atoms with van der Waals surface area (Å²) >= 11 is 0. The third-order valence-corrected chi connectivity index (χ3v) is 3.94. The Morgan fingerprint density at radius 1 is 1.48 bits per heavy atom. The molecule has 0 saturated carbocycles. The van der Waals surface area contributed by atoms with E-state index in [4.69, 9.17) is 10.5 Å². The molecular weight excluding hydrogens is 266 g/mol. The van der Waals surface area contributed by atoms with Crippen molar-refractivity contribution in [3.63, 3.8) is 0 Å². The Balaban J connectivity index is 2.02. The van der Waals surface area contributed by atoms with E-state index in [2.05, 4.69) is 22.3 Å². The summed E-state index contributed by atoms with van der Waals surface area (Å²) in [6.07, 6.45) is 0.749. The summed E-state index contributed by atoms with van der Waals surface area (Å²) in [6.45, 7) is 4.90. The highest BCUT2D eigenvalue weighted by Gasteiger charge is 2.45. The number of nitrogens with zero attached hydrogens (tertiary/aromatic N) is 1. The van der Waals surface area contributed by atoms with Crippen molar-refractivity contribution in [2.45, 2.75) is 31.5 Å². The molecule has 5 heteroatoms. The molecule has 1 saturated heterocycles. The largest absolute Gasteiger partial charge is 0.468 e. The number of methoxy groups -OCH3 is 1. The van der Waals surface area contributed by atoms with E-state index >= 15 is 0 Å². The van der Waals surface area contributed by atoms with Crippen LogP contribution in [0.25, 0.3) is 0 Å². The number of carbonyl (C=O) groups excluding carboxylic acids is 1. The van der Waals surface area contributed by atoms with E-state index in [-0.39, 0.29) is 12.0 Å². The van der Waals surface area contributed by atoms with Crippen LogP contribution >= 0.6 is 0 Å². The van der Waals surface area contributed by atoms with Gasteiger partial charge in [-0.3, -0.25) is 15.0 Å². The van der Waals surface area contributed by atoms with Crippen LogP contribution in [0, 0.1) is 0 Å². The Morgan fingerprint density at radius 2 is 2.19 bits per heavy atom. The molecule has 1 aromatic rings. The number of esters is 1. The number of nitrogens with one attached hydrogen (secondary N) is 1. The van der Waals surface area contributed by atoms with Gasteiger partial charge in [-0.1, -0.05) is 30.3 Å². The van der Waals surface area contributed by atoms with Crippen LogP contribution < -0.4 is 11.1 Å². The van der Waals surface area contributed by atoms with Gasteiger partial charge >= 0.3 is 5.97 Å². The van der Waals surface area contributed by atoms with Gasteiger partial charge < -0.3 is 10.5 Å². The van der Waals surface area contributed by atoms with Crippen LogP contribution in [0.3, 0.4) is 0 Å². The van der Waals surface area contributed by atoms with Gasteiger partial charge in [-0.2, -0.15) is 0 Å². The smallest absolute Gasteiger partial charge is 0.327 e. The minimum atomic E-state index is -0.628. The second kappa shape index (κ2) is 7.02. The lowest BCUT2D eigenvalue weighted by Gasteiger charge is -2.29. The molecule has 5 nitrogen and oxygen atoms in total. The monoisotopic (exact) mass is 291 g/mol. The van der Waals surface area contributed by atoms with Gasteiger partial charge in [-0.25, -0.2) is 0 Å². The first-order valence-corrected chi connectivity index (χ1v) is 7.41. The average molecular weight is 291 g/mol. The molecule has 0 amide bonds. The minimum absolute atomic E-state index is 0.00899. The standard InChI is InChI=1S/C16H25N3O2/c1-13(17)10-18-16(15(20)21-2)8-9-19(12-16)11-14-6-4-3-5-7-14/h3-7,13,18H,8-12,17H2,1-2H3/t13-,16?/m1/s1. The fourth-order valence-electron chi connectivity index (χ4n) is 2.80. The van der Waals surface area contributed by atoms with Gasteiger partial charge in [0.15, 0.2) is 0 Å². The number of ether oxygens (including phenoxy) is 1. The SMILES string of the molecule is COC(=O)C1(NC[C@@H](C)N)CCN(Cc2ccccc2)C1. The first-order chi connectivity index (χ1) is 10.1. The number of hydrogen-bond acceptors (Lipinski definition) is 5. The lowest BCUT2D eigenvalue weighted by atomic mass is 9.98. The molecule has 0 bridgehead atoms. The second-order valence-corrected chi connectivity index (χ2v) is 5.88. The van der Waals surface area contributed by atoms with Crippen molar-refractivity contribution in [2.75, 3.05) is 26.7 Å². The highest BCUT2D eigenvalue weighted by Crippen LogP contribution is 2.24. The zero-order valence-corrected chi connectivity index (χ0v) is 12.8. The topological polar surface area (TPSA) is 67.6 Å². The van der Waals surface area contributed by atoms with Crippen molar-refractivity contribution in [3.05, 3.63) is 35.9 Å². The number of rotatable bonds is 6. The molecule has 21 heavy (non-hydrogen) atoms. The van der Waals surface area contributed by atoms with E-state index in [9.17, 15) is 4.79 Å². The number of benzene rings is 1. The predicted octanol–water partition coefficient (Wildman–Crippen LogP) is 0.741. The Hall–Kier alpha value is -1.43. The van der Waals surface area contributed by atoms with Crippen LogP contribution in [-0.4, -0.2) is 49.2 Å². The maximum Gasteiger partial charge on any atom is 0.327 e. The van der Waals surface area contributed by atoms with Crippen LogP contribution in [0.15, 0.2) is 30.3 Å². The van der Waals surface area contributed by atoms with E-state index in [1.54, 1.807) is 0 Å². The van der Waals surface area contributed by atoms with Crippen LogP contribution in [0.2, 0.25) is 0 Å². The molecule has 3 N–H and O–H groups in total. The van der Waals surface area contributed by atoms with E-state index in [1.807, 2.05) is 25.1 Å². The number of nitrogens with two attached hydrogens (primary N) is 1. The van der Waals surface area contributed by atoms with Gasteiger partial charge in [0, 0.05) is 32.2 Å². The van der Waals surface area contributed by atoms with Crippen LogP contribution in [0.1, 0.15) is 18.9 Å². The molecule has 1 aliphatic rings. The summed E-state index contributed by atoms with van der Waals surface area (Å²) in [4.78, 5) is 14.5. The van der Waals surface area contributed by atoms with Crippen molar-refractivity contribution in [1.82, 2.24) is 10.2 Å². The molecule has 1 heterocycles. The summed E-state index contributed by atoms with van der Waals surface area (Å²) in [5, 5.41) is 3.32. The van der Waals surface area contributed by atoms with Crippen LogP contribution in [0.5, 0.6) is 0 Å². The first-order valence-electron chi connectivity index (χ1n) is 7.41. The molecule has 1 aliphatic heterocycles. The summed E-state index contributed by atoms with van der Waals surface area (Å²) in [5.41, 5.74) is 6.43. The Bertz CT molecular complexity index is 464. The third-order valence-electron chi connectivity index (χ3n) is 3.94. The van der Waals surface area contributed by atoms with Crippen molar-refractivity contribution < 1.29 is 9.53 Å². The van der Waals surface area contributed by atoms with Gasteiger partial charge in [-0.05, 0) is 18.9 Å². The maximum absolute atomic E-state index is 12.2. The van der Waals surface area contributed by atoms with Crippen molar-refractivity contribution >= 4 is 5.97 Å². The fraction of sp³-hybridized carbons (Fsp3) is 0.562. The predicted molar refractivity (Wildman–Crippen MR) is 82.7 cm³/mol. The van der Waals surface area contributed by atoms with E-state index in [1.165, 1.54) is 12.7 Å². The van der Waals surface area contributed by atoms with Gasteiger partial charge in [0.25, 0.3) is 0 Å². The number of carbonyl (C=O) groups is 1. The summed E-state index contributed by atoms with van der Waals surface area (Å²) < 4.78 is 5.00. The second-order valence-electron chi connectivity index (χ2n) is 5.88. The lowest BCUT2D eigenvalue weighted by Crippen LogP contribution is -2.56. The van der Waals surface area contributed by atoms with Crippen molar-refractivity contribution in [3.8, 4) is 0 Å². The Morgan fingerprint density at radius 3 is 2.81 bits per heavy atom. The van der Waals surface area contributed by atoms with Crippen LogP contribution in [-0.2, 0) is 16.1 Å².